The number of carboxylic acids is 1. The highest BCUT2D eigenvalue weighted by molar-refractivity contribution is 14.1. The Morgan fingerprint density at radius 3 is 2.87 bits per heavy atom. The maximum atomic E-state index is 11.4. The Kier molecular flexibility index (Phi) is 4.31. The van der Waals surface area contributed by atoms with Crippen LogP contribution in [0.2, 0.25) is 0 Å². The van der Waals surface area contributed by atoms with E-state index < -0.39 is 11.9 Å². The number of halogens is 1. The molecule has 1 aromatic heterocycles. The molecule has 1 unspecified atom stereocenters. The topological polar surface area (TPSA) is 59.3 Å². The summed E-state index contributed by atoms with van der Waals surface area (Å²) in [5.41, 5.74) is -0.0838. The molecule has 1 rings (SSSR count). The summed E-state index contributed by atoms with van der Waals surface area (Å²) in [6, 6.07) is 3.36. The quantitative estimate of drug-likeness (QED) is 0.857. The van der Waals surface area contributed by atoms with Crippen LogP contribution in [0.3, 0.4) is 0 Å². The number of carbonyl (C=O) groups is 1. The lowest BCUT2D eigenvalue weighted by molar-refractivity contribution is -0.141. The van der Waals surface area contributed by atoms with Gasteiger partial charge in [0, 0.05) is 22.4 Å². The van der Waals surface area contributed by atoms with Crippen molar-refractivity contribution >= 4 is 28.6 Å². The van der Waals surface area contributed by atoms with Crippen molar-refractivity contribution in [2.24, 2.45) is 5.92 Å². The van der Waals surface area contributed by atoms with Gasteiger partial charge < -0.3 is 9.67 Å². The molecule has 15 heavy (non-hydrogen) atoms. The Balaban J connectivity index is 2.66. The van der Waals surface area contributed by atoms with Crippen molar-refractivity contribution in [2.45, 2.75) is 19.9 Å². The van der Waals surface area contributed by atoms with E-state index in [1.807, 2.05) is 6.07 Å². The zero-order chi connectivity index (χ0) is 11.4. The minimum atomic E-state index is -0.825. The van der Waals surface area contributed by atoms with Crippen LogP contribution in [0.1, 0.15) is 13.3 Å². The minimum Gasteiger partial charge on any atom is -0.481 e. The van der Waals surface area contributed by atoms with Crippen molar-refractivity contribution in [1.82, 2.24) is 4.57 Å². The van der Waals surface area contributed by atoms with Gasteiger partial charge in [-0.1, -0.05) is 6.92 Å². The molecule has 1 atom stereocenters. The third kappa shape index (κ3) is 3.65. The number of aromatic nitrogens is 1. The van der Waals surface area contributed by atoms with Crippen molar-refractivity contribution < 1.29 is 9.90 Å². The van der Waals surface area contributed by atoms with Crippen LogP contribution in [0.25, 0.3) is 0 Å². The highest BCUT2D eigenvalue weighted by atomic mass is 127. The van der Waals surface area contributed by atoms with Crippen LogP contribution in [0.15, 0.2) is 23.1 Å². The molecule has 82 valence electrons. The maximum absolute atomic E-state index is 11.4. The summed E-state index contributed by atoms with van der Waals surface area (Å²) in [5.74, 6) is -1.25. The van der Waals surface area contributed by atoms with Crippen LogP contribution in [-0.4, -0.2) is 15.6 Å². The Bertz CT molecular complexity index is 413. The Hall–Kier alpha value is -0.850. The second-order valence-corrected chi connectivity index (χ2v) is 4.65. The lowest BCUT2D eigenvalue weighted by Gasteiger charge is -2.08. The van der Waals surface area contributed by atoms with Gasteiger partial charge in [0.05, 0.1) is 5.92 Å². The van der Waals surface area contributed by atoms with Gasteiger partial charge in [-0.05, 0) is 35.1 Å². The van der Waals surface area contributed by atoms with Crippen molar-refractivity contribution in [3.63, 3.8) is 0 Å². The first-order valence-corrected chi connectivity index (χ1v) is 5.67. The van der Waals surface area contributed by atoms with Gasteiger partial charge in [0.15, 0.2) is 0 Å². The Morgan fingerprint density at radius 2 is 2.33 bits per heavy atom. The van der Waals surface area contributed by atoms with Gasteiger partial charge >= 0.3 is 5.97 Å². The molecule has 0 bridgehead atoms. The lowest BCUT2D eigenvalue weighted by atomic mass is 10.1. The number of hydrogen-bond acceptors (Lipinski definition) is 2. The zero-order valence-electron chi connectivity index (χ0n) is 8.31. The average Bonchev–Trinajstić information content (AvgIpc) is 2.15. The van der Waals surface area contributed by atoms with E-state index >= 15 is 0 Å². The molecular weight excluding hydrogens is 309 g/mol. The van der Waals surface area contributed by atoms with Gasteiger partial charge in [-0.15, -0.1) is 0 Å². The summed E-state index contributed by atoms with van der Waals surface area (Å²) in [6.07, 6.45) is 2.16. The molecule has 0 fully saturated rings. The molecule has 0 aliphatic carbocycles. The van der Waals surface area contributed by atoms with Crippen molar-refractivity contribution in [1.29, 1.82) is 0 Å². The molecule has 1 aromatic rings. The largest absolute Gasteiger partial charge is 0.481 e. The molecule has 0 saturated heterocycles. The van der Waals surface area contributed by atoms with E-state index in [0.717, 1.165) is 3.57 Å². The fourth-order valence-electron chi connectivity index (χ4n) is 1.12. The first kappa shape index (κ1) is 12.2. The monoisotopic (exact) mass is 321 g/mol. The van der Waals surface area contributed by atoms with Gasteiger partial charge in [-0.3, -0.25) is 9.59 Å². The smallest absolute Gasteiger partial charge is 0.306 e. The third-order valence-corrected chi connectivity index (χ3v) is 2.85. The molecule has 1 N–H and O–H groups in total. The van der Waals surface area contributed by atoms with Crippen LogP contribution >= 0.6 is 22.6 Å². The summed E-state index contributed by atoms with van der Waals surface area (Å²) in [4.78, 5) is 22.0. The molecule has 0 radical (unpaired) electrons. The SMILES string of the molecule is CC(CCn1ccc(I)cc1=O)C(=O)O. The summed E-state index contributed by atoms with van der Waals surface area (Å²) < 4.78 is 2.42. The number of hydrogen-bond donors (Lipinski definition) is 1. The molecule has 0 aliphatic rings. The van der Waals surface area contributed by atoms with Crippen LogP contribution in [0.5, 0.6) is 0 Å². The first-order chi connectivity index (χ1) is 7.00. The molecule has 0 aromatic carbocycles. The van der Waals surface area contributed by atoms with E-state index in [9.17, 15) is 9.59 Å². The number of carboxylic acid groups (broad SMARTS) is 1. The number of rotatable bonds is 4. The third-order valence-electron chi connectivity index (χ3n) is 2.18. The Labute approximate surface area is 101 Å². The minimum absolute atomic E-state index is 0.0838. The van der Waals surface area contributed by atoms with E-state index in [4.69, 9.17) is 5.11 Å². The molecule has 5 heteroatoms. The fraction of sp³-hybridized carbons (Fsp3) is 0.400. The van der Waals surface area contributed by atoms with Crippen molar-refractivity contribution in [3.05, 3.63) is 32.3 Å². The van der Waals surface area contributed by atoms with E-state index in [1.54, 1.807) is 13.1 Å². The van der Waals surface area contributed by atoms with Gasteiger partial charge in [0.2, 0.25) is 0 Å². The normalized spacial score (nSPS) is 12.4. The molecule has 0 spiro atoms. The second kappa shape index (κ2) is 5.29. The molecule has 0 saturated carbocycles. The summed E-state index contributed by atoms with van der Waals surface area (Å²) in [5, 5.41) is 8.68. The van der Waals surface area contributed by atoms with E-state index in [1.165, 1.54) is 10.6 Å². The molecule has 0 amide bonds. The molecule has 1 heterocycles. The van der Waals surface area contributed by atoms with Crippen LogP contribution in [0, 0.1) is 9.49 Å². The van der Waals surface area contributed by atoms with Gasteiger partial charge in [0.1, 0.15) is 0 Å². The Morgan fingerprint density at radius 1 is 1.67 bits per heavy atom. The number of aryl methyl sites for hydroxylation is 1. The van der Waals surface area contributed by atoms with Crippen molar-refractivity contribution in [2.75, 3.05) is 0 Å². The van der Waals surface area contributed by atoms with E-state index in [-0.39, 0.29) is 5.56 Å². The first-order valence-electron chi connectivity index (χ1n) is 4.59. The maximum Gasteiger partial charge on any atom is 0.306 e. The van der Waals surface area contributed by atoms with E-state index in [2.05, 4.69) is 22.6 Å². The predicted octanol–water partition coefficient (Wildman–Crippen LogP) is 1.56. The zero-order valence-corrected chi connectivity index (χ0v) is 10.5. The summed E-state index contributed by atoms with van der Waals surface area (Å²) in [7, 11) is 0. The molecule has 4 nitrogen and oxygen atoms in total. The van der Waals surface area contributed by atoms with Gasteiger partial charge in [-0.25, -0.2) is 0 Å². The van der Waals surface area contributed by atoms with Crippen LogP contribution < -0.4 is 5.56 Å². The summed E-state index contributed by atoms with van der Waals surface area (Å²) >= 11 is 2.07. The van der Waals surface area contributed by atoms with Gasteiger partial charge in [-0.2, -0.15) is 0 Å². The second-order valence-electron chi connectivity index (χ2n) is 3.40. The highest BCUT2D eigenvalue weighted by Crippen LogP contribution is 2.04. The van der Waals surface area contributed by atoms with Gasteiger partial charge in [0.25, 0.3) is 5.56 Å². The van der Waals surface area contributed by atoms with Crippen molar-refractivity contribution in [3.8, 4) is 0 Å². The molecular formula is C10H12INO3. The van der Waals surface area contributed by atoms with Crippen LogP contribution in [0.4, 0.5) is 0 Å². The number of pyridine rings is 1. The average molecular weight is 321 g/mol. The van der Waals surface area contributed by atoms with E-state index in [0.29, 0.717) is 13.0 Å². The lowest BCUT2D eigenvalue weighted by Crippen LogP contribution is -2.21. The molecule has 0 aliphatic heterocycles. The highest BCUT2D eigenvalue weighted by Gasteiger charge is 2.10. The number of aliphatic carboxylic acids is 1. The summed E-state index contributed by atoms with van der Waals surface area (Å²) in [6.45, 7) is 2.09. The van der Waals surface area contributed by atoms with Crippen LogP contribution in [-0.2, 0) is 11.3 Å². The fourth-order valence-corrected chi connectivity index (χ4v) is 1.55. The number of nitrogens with zero attached hydrogens (tertiary/aromatic N) is 1. The predicted molar refractivity (Wildman–Crippen MR) is 64.8 cm³/mol. The standard InChI is InChI=1S/C10H12INO3/c1-7(10(14)15)2-4-12-5-3-8(11)6-9(12)13/h3,5-7H,2,4H2,1H3,(H,14,15).